The molecule has 1 aromatic carbocycles. The van der Waals surface area contributed by atoms with Crippen molar-refractivity contribution in [1.82, 2.24) is 4.57 Å². The molecule has 2 nitrogen and oxygen atoms in total. The maximum absolute atomic E-state index is 5.94. The maximum Gasteiger partial charge on any atom is 0.0483 e. The first-order valence-corrected chi connectivity index (χ1v) is 5.48. The van der Waals surface area contributed by atoms with E-state index in [1.165, 1.54) is 22.0 Å². The molecule has 0 spiro atoms. The molecular formula is C13H16N2. The number of nitrogens with zero attached hydrogens (tertiary/aromatic N) is 1. The van der Waals surface area contributed by atoms with Gasteiger partial charge in [0, 0.05) is 36.1 Å². The third-order valence-electron chi connectivity index (χ3n) is 3.49. The molecule has 2 N–H and O–H groups in total. The van der Waals surface area contributed by atoms with E-state index in [4.69, 9.17) is 5.73 Å². The van der Waals surface area contributed by atoms with E-state index in [1.54, 1.807) is 0 Å². The Morgan fingerprint density at radius 1 is 1.40 bits per heavy atom. The molecule has 0 amide bonds. The molecule has 1 aliphatic rings. The van der Waals surface area contributed by atoms with Crippen LogP contribution in [0.2, 0.25) is 0 Å². The Hall–Kier alpha value is -1.28. The number of nitrogens with two attached hydrogens (primary N) is 1. The zero-order chi connectivity index (χ0) is 10.6. The van der Waals surface area contributed by atoms with Crippen LogP contribution in [0.1, 0.15) is 23.5 Å². The number of fused-ring (bicyclic) bond motifs is 1. The van der Waals surface area contributed by atoms with Crippen LogP contribution < -0.4 is 5.73 Å². The Morgan fingerprint density at radius 2 is 2.13 bits per heavy atom. The van der Waals surface area contributed by atoms with E-state index in [9.17, 15) is 0 Å². The zero-order valence-corrected chi connectivity index (χ0v) is 9.20. The molecule has 0 saturated heterocycles. The molecule has 1 fully saturated rings. The molecule has 2 heteroatoms. The Balaban J connectivity index is 2.30. The van der Waals surface area contributed by atoms with Gasteiger partial charge in [0.2, 0.25) is 0 Å². The molecule has 0 unspecified atom stereocenters. The molecule has 1 saturated carbocycles. The summed E-state index contributed by atoms with van der Waals surface area (Å²) in [6.45, 7) is 2.18. The van der Waals surface area contributed by atoms with Crippen molar-refractivity contribution in [3.05, 3.63) is 35.5 Å². The van der Waals surface area contributed by atoms with Gasteiger partial charge in [-0.2, -0.15) is 0 Å². The van der Waals surface area contributed by atoms with E-state index < -0.39 is 0 Å². The van der Waals surface area contributed by atoms with E-state index >= 15 is 0 Å². The van der Waals surface area contributed by atoms with Crippen molar-refractivity contribution in [2.24, 2.45) is 12.8 Å². The Kier molecular flexibility index (Phi) is 1.71. The minimum atomic E-state index is 0.384. The van der Waals surface area contributed by atoms with E-state index in [-0.39, 0.29) is 0 Å². The number of aryl methyl sites for hydroxylation is 2. The van der Waals surface area contributed by atoms with Gasteiger partial charge in [-0.25, -0.2) is 0 Å². The minimum Gasteiger partial charge on any atom is -0.350 e. The summed E-state index contributed by atoms with van der Waals surface area (Å²) in [5.41, 5.74) is 10.1. The van der Waals surface area contributed by atoms with Gasteiger partial charge in [0.25, 0.3) is 0 Å². The summed E-state index contributed by atoms with van der Waals surface area (Å²) in [4.78, 5) is 0. The molecule has 78 valence electrons. The summed E-state index contributed by atoms with van der Waals surface area (Å²) in [7, 11) is 2.11. The van der Waals surface area contributed by atoms with E-state index in [0.717, 1.165) is 6.42 Å². The van der Waals surface area contributed by atoms with E-state index in [1.807, 2.05) is 0 Å². The standard InChI is InChI=1S/C13H16N2/c1-8-4-3-5-12-13(8)10(7-15(12)2)9-6-11(9)14/h3-5,7,9,11H,6,14H2,1-2H3/t9-,11-/m0/s1. The van der Waals surface area contributed by atoms with Crippen LogP contribution in [0.3, 0.4) is 0 Å². The molecule has 0 aliphatic heterocycles. The first-order chi connectivity index (χ1) is 7.18. The van der Waals surface area contributed by atoms with Crippen molar-refractivity contribution < 1.29 is 0 Å². The Labute approximate surface area is 89.7 Å². The normalized spacial score (nSPS) is 24.7. The fourth-order valence-corrected chi connectivity index (χ4v) is 2.52. The van der Waals surface area contributed by atoms with Crippen LogP contribution in [0, 0.1) is 6.92 Å². The summed E-state index contributed by atoms with van der Waals surface area (Å²) in [6.07, 6.45) is 3.39. The first-order valence-electron chi connectivity index (χ1n) is 5.48. The summed E-state index contributed by atoms with van der Waals surface area (Å²) >= 11 is 0. The third kappa shape index (κ3) is 1.21. The second-order valence-electron chi connectivity index (χ2n) is 4.67. The molecule has 0 radical (unpaired) electrons. The lowest BCUT2D eigenvalue weighted by molar-refractivity contribution is 0.938. The van der Waals surface area contributed by atoms with Crippen molar-refractivity contribution >= 4 is 10.9 Å². The van der Waals surface area contributed by atoms with Gasteiger partial charge in [-0.15, -0.1) is 0 Å². The molecule has 1 heterocycles. The van der Waals surface area contributed by atoms with Crippen LogP contribution in [0.5, 0.6) is 0 Å². The van der Waals surface area contributed by atoms with Crippen molar-refractivity contribution in [1.29, 1.82) is 0 Å². The van der Waals surface area contributed by atoms with Crippen LogP contribution >= 0.6 is 0 Å². The highest BCUT2D eigenvalue weighted by atomic mass is 14.9. The van der Waals surface area contributed by atoms with Crippen LogP contribution in [0.4, 0.5) is 0 Å². The van der Waals surface area contributed by atoms with Crippen molar-refractivity contribution in [2.45, 2.75) is 25.3 Å². The number of benzene rings is 1. The summed E-state index contributed by atoms with van der Waals surface area (Å²) in [5.74, 6) is 0.592. The van der Waals surface area contributed by atoms with Gasteiger partial charge in [-0.1, -0.05) is 12.1 Å². The fourth-order valence-electron chi connectivity index (χ4n) is 2.52. The average Bonchev–Trinajstić information content (AvgIpc) is 2.82. The maximum atomic E-state index is 5.94. The minimum absolute atomic E-state index is 0.384. The molecule has 15 heavy (non-hydrogen) atoms. The predicted molar refractivity (Wildman–Crippen MR) is 63.0 cm³/mol. The molecule has 1 aromatic heterocycles. The lowest BCUT2D eigenvalue weighted by Gasteiger charge is -2.00. The monoisotopic (exact) mass is 200 g/mol. The van der Waals surface area contributed by atoms with Crippen LogP contribution in [0.15, 0.2) is 24.4 Å². The highest BCUT2D eigenvalue weighted by Crippen LogP contribution is 2.43. The quantitative estimate of drug-likeness (QED) is 0.752. The molecule has 2 aromatic rings. The van der Waals surface area contributed by atoms with Gasteiger partial charge < -0.3 is 10.3 Å². The SMILES string of the molecule is Cc1cccc2c1c([C@@H]1C[C@@H]1N)cn2C. The smallest absolute Gasteiger partial charge is 0.0483 e. The summed E-state index contributed by atoms with van der Waals surface area (Å²) < 4.78 is 2.21. The molecule has 2 atom stereocenters. The van der Waals surface area contributed by atoms with Gasteiger partial charge >= 0.3 is 0 Å². The number of aromatic nitrogens is 1. The van der Waals surface area contributed by atoms with Crippen LogP contribution in [-0.4, -0.2) is 10.6 Å². The highest BCUT2D eigenvalue weighted by Gasteiger charge is 2.37. The highest BCUT2D eigenvalue weighted by molar-refractivity contribution is 5.88. The lowest BCUT2D eigenvalue weighted by atomic mass is 10.0. The van der Waals surface area contributed by atoms with Gasteiger partial charge in [-0.05, 0) is 30.5 Å². The second-order valence-corrected chi connectivity index (χ2v) is 4.67. The average molecular weight is 200 g/mol. The number of hydrogen-bond acceptors (Lipinski definition) is 1. The van der Waals surface area contributed by atoms with Crippen molar-refractivity contribution in [3.8, 4) is 0 Å². The first kappa shape index (κ1) is 8.98. The number of hydrogen-bond donors (Lipinski definition) is 1. The summed E-state index contributed by atoms with van der Waals surface area (Å²) in [5, 5.41) is 1.41. The molecule has 0 bridgehead atoms. The molecule has 3 rings (SSSR count). The van der Waals surface area contributed by atoms with E-state index in [0.29, 0.717) is 12.0 Å². The van der Waals surface area contributed by atoms with Crippen LogP contribution in [0.25, 0.3) is 10.9 Å². The Bertz CT molecular complexity index is 525. The zero-order valence-electron chi connectivity index (χ0n) is 9.20. The third-order valence-corrected chi connectivity index (χ3v) is 3.49. The topological polar surface area (TPSA) is 30.9 Å². The van der Waals surface area contributed by atoms with Crippen molar-refractivity contribution in [2.75, 3.05) is 0 Å². The predicted octanol–water partition coefficient (Wildman–Crippen LogP) is 2.30. The van der Waals surface area contributed by atoms with E-state index in [2.05, 4.69) is 42.9 Å². The van der Waals surface area contributed by atoms with Crippen LogP contribution in [-0.2, 0) is 7.05 Å². The summed E-state index contributed by atoms with van der Waals surface area (Å²) in [6, 6.07) is 6.86. The number of rotatable bonds is 1. The van der Waals surface area contributed by atoms with Gasteiger partial charge in [0.05, 0.1) is 0 Å². The molecule has 1 aliphatic carbocycles. The largest absolute Gasteiger partial charge is 0.350 e. The second kappa shape index (κ2) is 2.86. The van der Waals surface area contributed by atoms with Gasteiger partial charge in [-0.3, -0.25) is 0 Å². The lowest BCUT2D eigenvalue weighted by Crippen LogP contribution is -2.00. The molecular weight excluding hydrogens is 184 g/mol. The van der Waals surface area contributed by atoms with Gasteiger partial charge in [0.15, 0.2) is 0 Å². The van der Waals surface area contributed by atoms with Crippen molar-refractivity contribution in [3.63, 3.8) is 0 Å². The Morgan fingerprint density at radius 3 is 2.80 bits per heavy atom. The van der Waals surface area contributed by atoms with Gasteiger partial charge in [0.1, 0.15) is 0 Å². The fraction of sp³-hybridized carbons (Fsp3) is 0.385.